The maximum atomic E-state index is 12.7. The molecule has 0 atom stereocenters. The summed E-state index contributed by atoms with van der Waals surface area (Å²) in [6, 6.07) is 10.7. The molecule has 0 fully saturated rings. The topological polar surface area (TPSA) is 46.6 Å². The van der Waals surface area contributed by atoms with Crippen LogP contribution in [0.3, 0.4) is 0 Å². The standard InChI is InChI=1S/C21H21Cl2NO3/c1-14(25)16-7-6-15-4-2-10-24(19(15)12-16)21(26)5-3-11-27-20-9-8-17(22)13-18(20)23/h6-9,12-13H,2-5,10-11H2,1H3. The first kappa shape index (κ1) is 19.7. The number of ether oxygens (including phenoxy) is 1. The lowest BCUT2D eigenvalue weighted by atomic mass is 9.98. The summed E-state index contributed by atoms with van der Waals surface area (Å²) in [6.07, 6.45) is 2.80. The number of benzene rings is 2. The van der Waals surface area contributed by atoms with Crippen LogP contribution in [0.15, 0.2) is 36.4 Å². The van der Waals surface area contributed by atoms with E-state index < -0.39 is 0 Å². The molecule has 0 unspecified atom stereocenters. The fraction of sp³-hybridized carbons (Fsp3) is 0.333. The number of hydrogen-bond donors (Lipinski definition) is 0. The molecule has 0 radical (unpaired) electrons. The van der Waals surface area contributed by atoms with Crippen molar-refractivity contribution >= 4 is 40.6 Å². The van der Waals surface area contributed by atoms with Gasteiger partial charge in [0.15, 0.2) is 5.78 Å². The van der Waals surface area contributed by atoms with Gasteiger partial charge in [-0.3, -0.25) is 9.59 Å². The molecule has 0 saturated carbocycles. The molecule has 0 aliphatic carbocycles. The van der Waals surface area contributed by atoms with E-state index in [1.807, 2.05) is 18.2 Å². The molecule has 1 aliphatic heterocycles. The van der Waals surface area contributed by atoms with Crippen LogP contribution in [0.4, 0.5) is 5.69 Å². The van der Waals surface area contributed by atoms with Crippen molar-refractivity contribution in [2.45, 2.75) is 32.6 Å². The van der Waals surface area contributed by atoms with Gasteiger partial charge in [0.25, 0.3) is 0 Å². The van der Waals surface area contributed by atoms with Gasteiger partial charge in [-0.25, -0.2) is 0 Å². The van der Waals surface area contributed by atoms with Gasteiger partial charge in [-0.1, -0.05) is 35.3 Å². The molecule has 0 N–H and O–H groups in total. The molecule has 0 bridgehead atoms. The van der Waals surface area contributed by atoms with Crippen molar-refractivity contribution in [2.75, 3.05) is 18.1 Å². The molecule has 2 aromatic rings. The highest BCUT2D eigenvalue weighted by Gasteiger charge is 2.23. The predicted octanol–water partition coefficient (Wildman–Crippen LogP) is 5.33. The second kappa shape index (κ2) is 8.77. The van der Waals surface area contributed by atoms with Crippen molar-refractivity contribution in [3.63, 3.8) is 0 Å². The van der Waals surface area contributed by atoms with E-state index in [9.17, 15) is 9.59 Å². The Labute approximate surface area is 169 Å². The Bertz CT molecular complexity index is 867. The molecule has 0 aromatic heterocycles. The highest BCUT2D eigenvalue weighted by molar-refractivity contribution is 6.35. The molecule has 2 aromatic carbocycles. The molecule has 4 nitrogen and oxygen atoms in total. The summed E-state index contributed by atoms with van der Waals surface area (Å²) in [4.78, 5) is 26.2. The van der Waals surface area contributed by atoms with Crippen molar-refractivity contribution in [2.24, 2.45) is 0 Å². The monoisotopic (exact) mass is 405 g/mol. The van der Waals surface area contributed by atoms with Crippen LogP contribution in [0, 0.1) is 0 Å². The molecule has 1 aliphatic rings. The zero-order chi connectivity index (χ0) is 19.4. The summed E-state index contributed by atoms with van der Waals surface area (Å²) >= 11 is 11.9. The van der Waals surface area contributed by atoms with E-state index in [0.717, 1.165) is 24.1 Å². The fourth-order valence-corrected chi connectivity index (χ4v) is 3.65. The van der Waals surface area contributed by atoms with Crippen molar-refractivity contribution < 1.29 is 14.3 Å². The van der Waals surface area contributed by atoms with Crippen LogP contribution < -0.4 is 9.64 Å². The molecule has 3 rings (SSSR count). The Hall–Kier alpha value is -2.04. The van der Waals surface area contributed by atoms with Crippen LogP contribution in [-0.4, -0.2) is 24.8 Å². The normalized spacial score (nSPS) is 13.2. The van der Waals surface area contributed by atoms with Gasteiger partial charge >= 0.3 is 0 Å². The summed E-state index contributed by atoms with van der Waals surface area (Å²) < 4.78 is 5.64. The molecule has 0 spiro atoms. The third-order valence-electron chi connectivity index (χ3n) is 4.60. The van der Waals surface area contributed by atoms with Crippen LogP contribution in [0.1, 0.15) is 42.1 Å². The van der Waals surface area contributed by atoms with Gasteiger partial charge in [0.1, 0.15) is 5.75 Å². The minimum absolute atomic E-state index is 0.00372. The van der Waals surface area contributed by atoms with Gasteiger partial charge in [-0.15, -0.1) is 0 Å². The van der Waals surface area contributed by atoms with Gasteiger partial charge in [0.2, 0.25) is 5.91 Å². The number of amides is 1. The molecule has 1 heterocycles. The summed E-state index contributed by atoms with van der Waals surface area (Å²) in [5.74, 6) is 0.606. The van der Waals surface area contributed by atoms with Gasteiger partial charge in [-0.05, 0) is 56.0 Å². The lowest BCUT2D eigenvalue weighted by Crippen LogP contribution is -2.35. The average Bonchev–Trinajstić information content (AvgIpc) is 2.65. The Morgan fingerprint density at radius 1 is 1.15 bits per heavy atom. The Morgan fingerprint density at radius 3 is 2.70 bits per heavy atom. The number of aryl methyl sites for hydroxylation is 1. The highest BCUT2D eigenvalue weighted by atomic mass is 35.5. The molecule has 0 saturated heterocycles. The van der Waals surface area contributed by atoms with Gasteiger partial charge < -0.3 is 9.64 Å². The first-order valence-corrected chi connectivity index (χ1v) is 9.73. The number of halogens is 2. The Morgan fingerprint density at radius 2 is 1.96 bits per heavy atom. The van der Waals surface area contributed by atoms with Crippen molar-refractivity contribution in [1.29, 1.82) is 0 Å². The average molecular weight is 406 g/mol. The Balaban J connectivity index is 1.59. The van der Waals surface area contributed by atoms with Crippen LogP contribution >= 0.6 is 23.2 Å². The maximum Gasteiger partial charge on any atom is 0.227 e. The number of Topliss-reactive ketones (excluding diaryl/α,β-unsaturated/α-hetero) is 1. The first-order valence-electron chi connectivity index (χ1n) is 8.98. The van der Waals surface area contributed by atoms with E-state index in [1.54, 1.807) is 23.1 Å². The highest BCUT2D eigenvalue weighted by Crippen LogP contribution is 2.30. The number of nitrogens with zero attached hydrogens (tertiary/aromatic N) is 1. The zero-order valence-corrected chi connectivity index (χ0v) is 16.6. The number of fused-ring (bicyclic) bond motifs is 1. The van der Waals surface area contributed by atoms with Crippen molar-refractivity contribution in [3.05, 3.63) is 57.6 Å². The molecular formula is C21H21Cl2NO3. The minimum Gasteiger partial charge on any atom is -0.492 e. The summed E-state index contributed by atoms with van der Waals surface area (Å²) in [5, 5.41) is 1.01. The maximum absolute atomic E-state index is 12.7. The van der Waals surface area contributed by atoms with E-state index in [1.165, 1.54) is 6.92 Å². The quantitative estimate of drug-likeness (QED) is 0.481. The van der Waals surface area contributed by atoms with E-state index >= 15 is 0 Å². The molecular weight excluding hydrogens is 385 g/mol. The summed E-state index contributed by atoms with van der Waals surface area (Å²) in [5.41, 5.74) is 2.61. The second-order valence-corrected chi connectivity index (χ2v) is 7.42. The Kier molecular flexibility index (Phi) is 6.40. The number of hydrogen-bond acceptors (Lipinski definition) is 3. The lowest BCUT2D eigenvalue weighted by Gasteiger charge is -2.30. The fourth-order valence-electron chi connectivity index (χ4n) is 3.19. The van der Waals surface area contributed by atoms with Crippen LogP contribution in [-0.2, 0) is 11.2 Å². The van der Waals surface area contributed by atoms with Gasteiger partial charge in [-0.2, -0.15) is 0 Å². The van der Waals surface area contributed by atoms with Crippen LogP contribution in [0.2, 0.25) is 10.0 Å². The smallest absolute Gasteiger partial charge is 0.227 e. The van der Waals surface area contributed by atoms with E-state index in [4.69, 9.17) is 27.9 Å². The SMILES string of the molecule is CC(=O)c1ccc2c(c1)N(C(=O)CCCOc1ccc(Cl)cc1Cl)CCC2. The summed E-state index contributed by atoms with van der Waals surface area (Å²) in [7, 11) is 0. The molecule has 27 heavy (non-hydrogen) atoms. The van der Waals surface area contributed by atoms with E-state index in [0.29, 0.717) is 47.4 Å². The minimum atomic E-state index is 0.00372. The number of carbonyl (C=O) groups excluding carboxylic acids is 2. The van der Waals surface area contributed by atoms with Crippen LogP contribution in [0.5, 0.6) is 5.75 Å². The number of anilines is 1. The number of carbonyl (C=O) groups is 2. The van der Waals surface area contributed by atoms with Gasteiger partial charge in [0, 0.05) is 29.2 Å². The first-order chi connectivity index (χ1) is 13.0. The van der Waals surface area contributed by atoms with Gasteiger partial charge in [0.05, 0.1) is 11.6 Å². The van der Waals surface area contributed by atoms with Crippen molar-refractivity contribution in [1.82, 2.24) is 0 Å². The van der Waals surface area contributed by atoms with Crippen LogP contribution in [0.25, 0.3) is 0 Å². The summed E-state index contributed by atoms with van der Waals surface area (Å²) in [6.45, 7) is 2.61. The third-order valence-corrected chi connectivity index (χ3v) is 5.13. The molecule has 6 heteroatoms. The predicted molar refractivity (Wildman–Crippen MR) is 108 cm³/mol. The molecule has 1 amide bonds. The number of rotatable bonds is 6. The molecule has 142 valence electrons. The second-order valence-electron chi connectivity index (χ2n) is 6.58. The zero-order valence-electron chi connectivity index (χ0n) is 15.1. The lowest BCUT2D eigenvalue weighted by molar-refractivity contribution is -0.118. The largest absolute Gasteiger partial charge is 0.492 e. The van der Waals surface area contributed by atoms with Crippen molar-refractivity contribution in [3.8, 4) is 5.75 Å². The third kappa shape index (κ3) is 4.82. The number of ketones is 1. The van der Waals surface area contributed by atoms with E-state index in [-0.39, 0.29) is 11.7 Å². The van der Waals surface area contributed by atoms with E-state index in [2.05, 4.69) is 0 Å².